The lowest BCUT2D eigenvalue weighted by atomic mass is 9.99. The number of carbonyl (C=O) groups excluding carboxylic acids is 1. The zero-order valence-electron chi connectivity index (χ0n) is 10.3. The average molecular weight is 240 g/mol. The summed E-state index contributed by atoms with van der Waals surface area (Å²) < 4.78 is 22.9. The Bertz CT molecular complexity index is 357. The predicted molar refractivity (Wildman–Crippen MR) is 62.3 cm³/mol. The molecule has 0 heterocycles. The second-order valence-corrected chi connectivity index (χ2v) is 3.95. The van der Waals surface area contributed by atoms with Crippen molar-refractivity contribution in [2.45, 2.75) is 19.6 Å². The molecule has 0 aliphatic heterocycles. The second-order valence-electron chi connectivity index (χ2n) is 3.95. The van der Waals surface area contributed by atoms with Crippen LogP contribution in [0.4, 0.5) is 4.39 Å². The summed E-state index contributed by atoms with van der Waals surface area (Å²) in [6.45, 7) is 1.87. The van der Waals surface area contributed by atoms with Crippen molar-refractivity contribution in [3.8, 4) is 0 Å². The van der Waals surface area contributed by atoms with Crippen LogP contribution in [-0.2, 0) is 9.47 Å². The van der Waals surface area contributed by atoms with Gasteiger partial charge in [0.2, 0.25) is 0 Å². The summed E-state index contributed by atoms with van der Waals surface area (Å²) in [5, 5.41) is 0. The van der Waals surface area contributed by atoms with Crippen LogP contribution >= 0.6 is 0 Å². The van der Waals surface area contributed by atoms with Gasteiger partial charge in [0.15, 0.2) is 12.1 Å². The van der Waals surface area contributed by atoms with Crippen molar-refractivity contribution < 1.29 is 18.7 Å². The Morgan fingerprint density at radius 2 is 1.76 bits per heavy atom. The molecule has 0 aromatic heterocycles. The highest BCUT2D eigenvalue weighted by molar-refractivity contribution is 5.96. The second kappa shape index (κ2) is 6.47. The van der Waals surface area contributed by atoms with Gasteiger partial charge in [-0.2, -0.15) is 0 Å². The molecule has 4 heteroatoms. The molecule has 1 rings (SSSR count). The molecular formula is C13H17FO3. The smallest absolute Gasteiger partial charge is 0.163 e. The van der Waals surface area contributed by atoms with E-state index in [0.29, 0.717) is 12.0 Å². The lowest BCUT2D eigenvalue weighted by Crippen LogP contribution is -2.24. The van der Waals surface area contributed by atoms with E-state index in [1.54, 1.807) is 0 Å². The summed E-state index contributed by atoms with van der Waals surface area (Å²) in [7, 11) is 3.07. The minimum absolute atomic E-state index is 0.0448. The van der Waals surface area contributed by atoms with Crippen LogP contribution in [0.15, 0.2) is 24.3 Å². The van der Waals surface area contributed by atoms with E-state index >= 15 is 0 Å². The number of carbonyl (C=O) groups is 1. The first-order chi connectivity index (χ1) is 8.08. The zero-order chi connectivity index (χ0) is 12.8. The maximum Gasteiger partial charge on any atom is 0.163 e. The largest absolute Gasteiger partial charge is 0.356 e. The van der Waals surface area contributed by atoms with Gasteiger partial charge in [-0.3, -0.25) is 4.79 Å². The first kappa shape index (κ1) is 13.8. The fourth-order valence-electron chi connectivity index (χ4n) is 1.70. The van der Waals surface area contributed by atoms with Crippen LogP contribution in [0, 0.1) is 11.7 Å². The van der Waals surface area contributed by atoms with Gasteiger partial charge in [-0.25, -0.2) is 4.39 Å². The van der Waals surface area contributed by atoms with Gasteiger partial charge in [0.25, 0.3) is 0 Å². The molecule has 0 saturated heterocycles. The minimum atomic E-state index is -0.403. The van der Waals surface area contributed by atoms with E-state index in [1.165, 1.54) is 38.5 Å². The molecule has 0 fully saturated rings. The molecule has 0 spiro atoms. The third-order valence-electron chi connectivity index (χ3n) is 2.60. The normalized spacial score (nSPS) is 12.8. The van der Waals surface area contributed by atoms with Crippen LogP contribution in [0.1, 0.15) is 23.7 Å². The number of ketones is 1. The Morgan fingerprint density at radius 1 is 1.24 bits per heavy atom. The van der Waals surface area contributed by atoms with Gasteiger partial charge in [0, 0.05) is 32.1 Å². The Hall–Kier alpha value is -1.26. The Labute approximate surface area is 101 Å². The number of halogens is 1. The number of ether oxygens (including phenoxy) is 2. The lowest BCUT2D eigenvalue weighted by molar-refractivity contribution is -0.132. The maximum atomic E-state index is 12.7. The Morgan fingerprint density at radius 3 is 2.24 bits per heavy atom. The first-order valence-electron chi connectivity index (χ1n) is 5.42. The van der Waals surface area contributed by atoms with Crippen LogP contribution in [-0.4, -0.2) is 26.3 Å². The van der Waals surface area contributed by atoms with Crippen LogP contribution < -0.4 is 0 Å². The molecule has 0 saturated carbocycles. The zero-order valence-corrected chi connectivity index (χ0v) is 10.3. The molecule has 1 aromatic carbocycles. The van der Waals surface area contributed by atoms with Crippen molar-refractivity contribution >= 4 is 5.78 Å². The average Bonchev–Trinajstić information content (AvgIpc) is 2.31. The van der Waals surface area contributed by atoms with Crippen molar-refractivity contribution in [2.75, 3.05) is 14.2 Å². The van der Waals surface area contributed by atoms with Crippen molar-refractivity contribution in [3.63, 3.8) is 0 Å². The highest BCUT2D eigenvalue weighted by Gasteiger charge is 2.19. The summed E-state index contributed by atoms with van der Waals surface area (Å²) in [6.07, 6.45) is -0.0998. The molecule has 1 atom stereocenters. The van der Waals surface area contributed by atoms with Gasteiger partial charge in [-0.05, 0) is 24.3 Å². The molecule has 3 nitrogen and oxygen atoms in total. The molecule has 0 radical (unpaired) electrons. The molecule has 0 N–H and O–H groups in total. The molecule has 1 aromatic rings. The summed E-state index contributed by atoms with van der Waals surface area (Å²) in [4.78, 5) is 11.9. The van der Waals surface area contributed by atoms with Crippen LogP contribution in [0.2, 0.25) is 0 Å². The lowest BCUT2D eigenvalue weighted by Gasteiger charge is -2.20. The van der Waals surface area contributed by atoms with Gasteiger partial charge >= 0.3 is 0 Å². The number of benzene rings is 1. The third kappa shape index (κ3) is 3.91. The number of hydrogen-bond donors (Lipinski definition) is 0. The molecule has 1 unspecified atom stereocenters. The number of rotatable bonds is 6. The number of hydrogen-bond acceptors (Lipinski definition) is 3. The van der Waals surface area contributed by atoms with Gasteiger partial charge in [0.05, 0.1) is 0 Å². The van der Waals surface area contributed by atoms with Gasteiger partial charge in [-0.15, -0.1) is 0 Å². The van der Waals surface area contributed by atoms with Gasteiger partial charge in [-0.1, -0.05) is 6.92 Å². The Balaban J connectivity index is 2.62. The van der Waals surface area contributed by atoms with Crippen LogP contribution in [0.5, 0.6) is 0 Å². The molecular weight excluding hydrogens is 223 g/mol. The Kier molecular flexibility index (Phi) is 5.25. The SMILES string of the molecule is COC(OC)C(C)CC(=O)c1ccc(F)cc1. The van der Waals surface area contributed by atoms with Crippen molar-refractivity contribution in [2.24, 2.45) is 5.92 Å². The molecule has 0 aliphatic carbocycles. The summed E-state index contributed by atoms with van der Waals surface area (Å²) in [5.74, 6) is -0.444. The van der Waals surface area contributed by atoms with Crippen LogP contribution in [0.25, 0.3) is 0 Å². The van der Waals surface area contributed by atoms with E-state index in [0.717, 1.165) is 0 Å². The standard InChI is InChI=1S/C13H17FO3/c1-9(13(16-2)17-3)8-12(15)10-4-6-11(14)7-5-10/h4-7,9,13H,8H2,1-3H3. The van der Waals surface area contributed by atoms with Gasteiger partial charge in [0.1, 0.15) is 5.82 Å². The van der Waals surface area contributed by atoms with E-state index < -0.39 is 6.29 Å². The molecule has 94 valence electrons. The van der Waals surface area contributed by atoms with Gasteiger partial charge < -0.3 is 9.47 Å². The van der Waals surface area contributed by atoms with E-state index in [4.69, 9.17) is 9.47 Å². The van der Waals surface area contributed by atoms with E-state index in [-0.39, 0.29) is 17.5 Å². The van der Waals surface area contributed by atoms with E-state index in [9.17, 15) is 9.18 Å². The quantitative estimate of drug-likeness (QED) is 0.566. The van der Waals surface area contributed by atoms with E-state index in [1.807, 2.05) is 6.92 Å². The summed E-state index contributed by atoms with van der Waals surface area (Å²) in [5.41, 5.74) is 0.504. The topological polar surface area (TPSA) is 35.5 Å². The highest BCUT2D eigenvalue weighted by Crippen LogP contribution is 2.16. The fourth-order valence-corrected chi connectivity index (χ4v) is 1.70. The van der Waals surface area contributed by atoms with Crippen molar-refractivity contribution in [3.05, 3.63) is 35.6 Å². The monoisotopic (exact) mass is 240 g/mol. The summed E-state index contributed by atoms with van der Waals surface area (Å²) >= 11 is 0. The van der Waals surface area contributed by atoms with Crippen molar-refractivity contribution in [1.29, 1.82) is 0 Å². The van der Waals surface area contributed by atoms with E-state index in [2.05, 4.69) is 0 Å². The number of Topliss-reactive ketones (excluding diaryl/α,β-unsaturated/α-hetero) is 1. The predicted octanol–water partition coefficient (Wildman–Crippen LogP) is 2.65. The maximum absolute atomic E-state index is 12.7. The highest BCUT2D eigenvalue weighted by atomic mass is 19.1. The van der Waals surface area contributed by atoms with Crippen LogP contribution in [0.3, 0.4) is 0 Å². The third-order valence-corrected chi connectivity index (χ3v) is 2.60. The number of methoxy groups -OCH3 is 2. The van der Waals surface area contributed by atoms with Crippen molar-refractivity contribution in [1.82, 2.24) is 0 Å². The minimum Gasteiger partial charge on any atom is -0.356 e. The molecule has 17 heavy (non-hydrogen) atoms. The fraction of sp³-hybridized carbons (Fsp3) is 0.462. The molecule has 0 bridgehead atoms. The molecule has 0 aliphatic rings. The first-order valence-corrected chi connectivity index (χ1v) is 5.42. The summed E-state index contributed by atoms with van der Waals surface area (Å²) in [6, 6.07) is 5.53. The molecule has 0 amide bonds.